The first-order chi connectivity index (χ1) is 9.08. The average Bonchev–Trinajstić information content (AvgIpc) is 2.67. The predicted octanol–water partition coefficient (Wildman–Crippen LogP) is 3.12. The van der Waals surface area contributed by atoms with Gasteiger partial charge in [-0.25, -0.2) is 4.79 Å². The van der Waals surface area contributed by atoms with Gasteiger partial charge in [0.1, 0.15) is 0 Å². The minimum absolute atomic E-state index is 0.162. The van der Waals surface area contributed by atoms with Crippen molar-refractivity contribution < 1.29 is 14.0 Å². The highest BCUT2D eigenvalue weighted by molar-refractivity contribution is 6.74. The van der Waals surface area contributed by atoms with E-state index in [0.717, 1.165) is 5.69 Å². The van der Waals surface area contributed by atoms with E-state index in [1.807, 2.05) is 7.05 Å². The predicted molar refractivity (Wildman–Crippen MR) is 81.2 cm³/mol. The van der Waals surface area contributed by atoms with Crippen LogP contribution < -0.4 is 0 Å². The number of ether oxygens (including phenoxy) is 1. The molecule has 114 valence electrons. The van der Waals surface area contributed by atoms with Crippen molar-refractivity contribution in [2.45, 2.75) is 52.4 Å². The number of aryl methyl sites for hydroxylation is 1. The Balaban J connectivity index is 2.77. The fraction of sp³-hybridized carbons (Fsp3) is 0.714. The molecule has 0 amide bonds. The molecule has 0 bridgehead atoms. The number of hydrogen-bond acceptors (Lipinski definition) is 4. The van der Waals surface area contributed by atoms with Gasteiger partial charge in [-0.3, -0.25) is 4.68 Å². The molecular formula is C14H26N2O3Si. The SMILES string of the molecule is CCOC(=O)c1cc(CO[Si](C)(C)C(C)(C)C)n(C)n1. The van der Waals surface area contributed by atoms with Crippen molar-refractivity contribution in [3.05, 3.63) is 17.5 Å². The third-order valence-corrected chi connectivity index (χ3v) is 8.33. The fourth-order valence-electron chi connectivity index (χ4n) is 1.42. The maximum absolute atomic E-state index is 11.6. The Labute approximate surface area is 122 Å². The van der Waals surface area contributed by atoms with Crippen LogP contribution in [0.25, 0.3) is 0 Å². The molecule has 1 aromatic heterocycles. The van der Waals surface area contributed by atoms with Gasteiger partial charge in [-0.2, -0.15) is 5.10 Å². The van der Waals surface area contributed by atoms with E-state index in [-0.39, 0.29) is 11.0 Å². The number of esters is 1. The number of carbonyl (C=O) groups excluding carboxylic acids is 1. The monoisotopic (exact) mass is 298 g/mol. The van der Waals surface area contributed by atoms with E-state index in [2.05, 4.69) is 39.0 Å². The molecule has 0 N–H and O–H groups in total. The molecule has 0 fully saturated rings. The van der Waals surface area contributed by atoms with Crippen LogP contribution in [0.4, 0.5) is 0 Å². The van der Waals surface area contributed by atoms with Crippen LogP contribution in [0.3, 0.4) is 0 Å². The topological polar surface area (TPSA) is 53.4 Å². The summed E-state index contributed by atoms with van der Waals surface area (Å²) in [7, 11) is 0.0115. The van der Waals surface area contributed by atoms with E-state index in [4.69, 9.17) is 9.16 Å². The molecule has 0 unspecified atom stereocenters. The van der Waals surface area contributed by atoms with Crippen molar-refractivity contribution in [3.63, 3.8) is 0 Å². The van der Waals surface area contributed by atoms with Crippen LogP contribution in [0.2, 0.25) is 18.1 Å². The van der Waals surface area contributed by atoms with E-state index in [1.54, 1.807) is 17.7 Å². The molecule has 5 nitrogen and oxygen atoms in total. The third-order valence-electron chi connectivity index (χ3n) is 3.85. The summed E-state index contributed by atoms with van der Waals surface area (Å²) in [4.78, 5) is 11.6. The zero-order valence-electron chi connectivity index (χ0n) is 13.6. The Kier molecular flexibility index (Phi) is 5.15. The summed E-state index contributed by atoms with van der Waals surface area (Å²) in [6.45, 7) is 13.6. The molecule has 0 spiro atoms. The number of rotatable bonds is 5. The van der Waals surface area contributed by atoms with Crippen molar-refractivity contribution in [1.82, 2.24) is 9.78 Å². The van der Waals surface area contributed by atoms with Gasteiger partial charge in [-0.05, 0) is 31.1 Å². The largest absolute Gasteiger partial charge is 0.461 e. The number of hydrogen-bond donors (Lipinski definition) is 0. The molecule has 0 saturated carbocycles. The second kappa shape index (κ2) is 6.09. The Hall–Kier alpha value is -1.14. The van der Waals surface area contributed by atoms with Crippen LogP contribution in [0.1, 0.15) is 43.9 Å². The highest BCUT2D eigenvalue weighted by atomic mass is 28.4. The molecule has 0 aliphatic carbocycles. The molecule has 0 aliphatic heterocycles. The lowest BCUT2D eigenvalue weighted by atomic mass is 10.2. The molecule has 0 atom stereocenters. The van der Waals surface area contributed by atoms with Gasteiger partial charge in [0.2, 0.25) is 0 Å². The van der Waals surface area contributed by atoms with E-state index >= 15 is 0 Å². The lowest BCUT2D eigenvalue weighted by Gasteiger charge is -2.36. The lowest BCUT2D eigenvalue weighted by Crippen LogP contribution is -2.40. The zero-order chi connectivity index (χ0) is 15.6. The summed E-state index contributed by atoms with van der Waals surface area (Å²) >= 11 is 0. The summed E-state index contributed by atoms with van der Waals surface area (Å²) < 4.78 is 12.8. The second-order valence-corrected chi connectivity index (χ2v) is 11.2. The van der Waals surface area contributed by atoms with Gasteiger partial charge in [0.15, 0.2) is 14.0 Å². The molecule has 0 saturated heterocycles. The first-order valence-electron chi connectivity index (χ1n) is 6.92. The number of carbonyl (C=O) groups is 1. The minimum Gasteiger partial charge on any atom is -0.461 e. The van der Waals surface area contributed by atoms with Crippen molar-refractivity contribution in [1.29, 1.82) is 0 Å². The maximum atomic E-state index is 11.6. The molecule has 6 heteroatoms. The normalized spacial score (nSPS) is 12.6. The van der Waals surface area contributed by atoms with Crippen molar-refractivity contribution >= 4 is 14.3 Å². The van der Waals surface area contributed by atoms with E-state index in [9.17, 15) is 4.79 Å². The van der Waals surface area contributed by atoms with Gasteiger partial charge in [0.05, 0.1) is 18.9 Å². The van der Waals surface area contributed by atoms with Gasteiger partial charge >= 0.3 is 5.97 Å². The number of aromatic nitrogens is 2. The summed E-state index contributed by atoms with van der Waals surface area (Å²) in [6.07, 6.45) is 0. The van der Waals surface area contributed by atoms with Gasteiger partial charge in [-0.1, -0.05) is 20.8 Å². The first-order valence-corrected chi connectivity index (χ1v) is 9.83. The zero-order valence-corrected chi connectivity index (χ0v) is 14.6. The standard InChI is InChI=1S/C14H26N2O3Si/c1-8-18-13(17)12-9-11(16(5)15-12)10-19-20(6,7)14(2,3)4/h9H,8,10H2,1-7H3. The average molecular weight is 298 g/mol. The van der Waals surface area contributed by atoms with E-state index in [0.29, 0.717) is 18.9 Å². The molecule has 0 aliphatic rings. The summed E-state index contributed by atoms with van der Waals surface area (Å²) in [5.74, 6) is -0.387. The van der Waals surface area contributed by atoms with Gasteiger partial charge < -0.3 is 9.16 Å². The highest BCUT2D eigenvalue weighted by Gasteiger charge is 2.37. The van der Waals surface area contributed by atoms with Gasteiger partial charge in [-0.15, -0.1) is 0 Å². The van der Waals surface area contributed by atoms with E-state index < -0.39 is 8.32 Å². The first kappa shape index (κ1) is 16.9. The second-order valence-electron chi connectivity index (χ2n) is 6.41. The third kappa shape index (κ3) is 3.93. The summed E-state index contributed by atoms with van der Waals surface area (Å²) in [6, 6.07) is 1.74. The summed E-state index contributed by atoms with van der Waals surface area (Å²) in [5.41, 5.74) is 1.22. The molecule has 1 rings (SSSR count). The Morgan fingerprint density at radius 3 is 2.50 bits per heavy atom. The fourth-order valence-corrected chi connectivity index (χ4v) is 2.36. The van der Waals surface area contributed by atoms with Gasteiger partial charge in [0.25, 0.3) is 0 Å². The highest BCUT2D eigenvalue weighted by Crippen LogP contribution is 2.37. The maximum Gasteiger partial charge on any atom is 0.358 e. The molecular weight excluding hydrogens is 272 g/mol. The molecule has 0 aromatic carbocycles. The van der Waals surface area contributed by atoms with Crippen molar-refractivity contribution in [2.24, 2.45) is 7.05 Å². The Morgan fingerprint density at radius 1 is 1.40 bits per heavy atom. The van der Waals surface area contributed by atoms with Crippen molar-refractivity contribution in [3.8, 4) is 0 Å². The van der Waals surface area contributed by atoms with Crippen LogP contribution in [0, 0.1) is 0 Å². The van der Waals surface area contributed by atoms with Crippen LogP contribution >= 0.6 is 0 Å². The summed E-state index contributed by atoms with van der Waals surface area (Å²) in [5, 5.41) is 4.33. The van der Waals surface area contributed by atoms with Crippen LogP contribution in [0.5, 0.6) is 0 Å². The van der Waals surface area contributed by atoms with E-state index in [1.165, 1.54) is 0 Å². The molecule has 0 radical (unpaired) electrons. The smallest absolute Gasteiger partial charge is 0.358 e. The lowest BCUT2D eigenvalue weighted by molar-refractivity contribution is 0.0518. The van der Waals surface area contributed by atoms with Crippen LogP contribution in [-0.2, 0) is 22.8 Å². The quantitative estimate of drug-likeness (QED) is 0.619. The van der Waals surface area contributed by atoms with Crippen LogP contribution in [0.15, 0.2) is 6.07 Å². The molecule has 1 heterocycles. The number of nitrogens with zero attached hydrogens (tertiary/aromatic N) is 2. The van der Waals surface area contributed by atoms with Crippen molar-refractivity contribution in [2.75, 3.05) is 6.61 Å². The molecule has 1 aromatic rings. The Bertz CT molecular complexity index is 475. The Morgan fingerprint density at radius 2 is 2.00 bits per heavy atom. The minimum atomic E-state index is -1.80. The van der Waals surface area contributed by atoms with Gasteiger partial charge in [0, 0.05) is 7.05 Å². The molecule has 20 heavy (non-hydrogen) atoms. The van der Waals surface area contributed by atoms with Crippen LogP contribution in [-0.4, -0.2) is 30.7 Å².